The summed E-state index contributed by atoms with van der Waals surface area (Å²) in [6, 6.07) is 15.8. The molecule has 6 heteroatoms. The van der Waals surface area contributed by atoms with E-state index in [2.05, 4.69) is 53.7 Å². The number of nitrogens with one attached hydrogen (secondary N) is 1. The van der Waals surface area contributed by atoms with Gasteiger partial charge in [-0.3, -0.25) is 0 Å². The maximum Gasteiger partial charge on any atom is 0.181 e. The zero-order valence-electron chi connectivity index (χ0n) is 14.3. The van der Waals surface area contributed by atoms with Gasteiger partial charge in [-0.25, -0.2) is 0 Å². The Hall–Kier alpha value is -2.89. The SMILES string of the molecule is COc1ccc(-n2nnnc2C(C)(C)Nc2ccccc2C)cc1. The number of nitrogens with zero attached hydrogens (tertiary/aromatic N) is 4. The highest BCUT2D eigenvalue weighted by atomic mass is 16.5. The summed E-state index contributed by atoms with van der Waals surface area (Å²) in [6.07, 6.45) is 0. The molecule has 6 nitrogen and oxygen atoms in total. The molecular weight excluding hydrogens is 302 g/mol. The highest BCUT2D eigenvalue weighted by Gasteiger charge is 2.28. The average Bonchev–Trinajstić information content (AvgIpc) is 3.08. The maximum absolute atomic E-state index is 5.20. The number of tetrazole rings is 1. The fraction of sp³-hybridized carbons (Fsp3) is 0.278. The summed E-state index contributed by atoms with van der Waals surface area (Å²) in [7, 11) is 1.65. The molecule has 0 aliphatic rings. The summed E-state index contributed by atoms with van der Waals surface area (Å²) >= 11 is 0. The monoisotopic (exact) mass is 323 g/mol. The van der Waals surface area contributed by atoms with E-state index in [4.69, 9.17) is 4.74 Å². The van der Waals surface area contributed by atoms with Crippen LogP contribution in [0.3, 0.4) is 0 Å². The standard InChI is InChI=1S/C18H21N5O/c1-13-7-5-6-8-16(13)19-18(2,3)17-20-21-22-23(17)14-9-11-15(24-4)12-10-14/h5-12,19H,1-4H3. The van der Waals surface area contributed by atoms with Crippen molar-refractivity contribution >= 4 is 5.69 Å². The van der Waals surface area contributed by atoms with Crippen LogP contribution < -0.4 is 10.1 Å². The van der Waals surface area contributed by atoms with Crippen LogP contribution in [0.1, 0.15) is 25.2 Å². The zero-order valence-corrected chi connectivity index (χ0v) is 14.3. The van der Waals surface area contributed by atoms with Gasteiger partial charge in [0.1, 0.15) is 5.75 Å². The Balaban J connectivity index is 1.94. The molecule has 3 rings (SSSR count). The summed E-state index contributed by atoms with van der Waals surface area (Å²) in [6.45, 7) is 6.20. The van der Waals surface area contributed by atoms with E-state index in [1.54, 1.807) is 11.8 Å². The lowest BCUT2D eigenvalue weighted by Crippen LogP contribution is -2.32. The third-order valence-corrected chi connectivity index (χ3v) is 3.94. The van der Waals surface area contributed by atoms with Crippen LogP contribution in [-0.2, 0) is 5.54 Å². The van der Waals surface area contributed by atoms with Crippen molar-refractivity contribution in [1.82, 2.24) is 20.2 Å². The van der Waals surface area contributed by atoms with Gasteiger partial charge in [-0.05, 0) is 67.1 Å². The van der Waals surface area contributed by atoms with E-state index in [0.717, 1.165) is 22.9 Å². The highest BCUT2D eigenvalue weighted by molar-refractivity contribution is 5.52. The molecule has 0 unspecified atom stereocenters. The molecule has 3 aromatic rings. The van der Waals surface area contributed by atoms with Crippen molar-refractivity contribution in [3.05, 3.63) is 59.9 Å². The molecule has 24 heavy (non-hydrogen) atoms. The number of para-hydroxylation sites is 1. The van der Waals surface area contributed by atoms with Gasteiger partial charge in [-0.2, -0.15) is 4.68 Å². The van der Waals surface area contributed by atoms with E-state index in [-0.39, 0.29) is 0 Å². The molecule has 0 saturated carbocycles. The average molecular weight is 323 g/mol. The molecule has 0 amide bonds. The van der Waals surface area contributed by atoms with Crippen molar-refractivity contribution in [2.45, 2.75) is 26.3 Å². The molecular formula is C18H21N5O. The van der Waals surface area contributed by atoms with Crippen molar-refractivity contribution in [2.75, 3.05) is 12.4 Å². The van der Waals surface area contributed by atoms with Gasteiger partial charge < -0.3 is 10.1 Å². The van der Waals surface area contributed by atoms with Crippen molar-refractivity contribution in [3.63, 3.8) is 0 Å². The predicted molar refractivity (Wildman–Crippen MR) is 93.5 cm³/mol. The van der Waals surface area contributed by atoms with Gasteiger partial charge in [0, 0.05) is 5.69 Å². The van der Waals surface area contributed by atoms with Crippen LogP contribution in [-0.4, -0.2) is 27.3 Å². The number of anilines is 1. The molecule has 1 heterocycles. The first-order valence-electron chi connectivity index (χ1n) is 7.78. The van der Waals surface area contributed by atoms with Gasteiger partial charge in [0.05, 0.1) is 18.3 Å². The van der Waals surface area contributed by atoms with Gasteiger partial charge in [0.15, 0.2) is 5.82 Å². The molecule has 2 aromatic carbocycles. The lowest BCUT2D eigenvalue weighted by Gasteiger charge is -2.27. The normalized spacial score (nSPS) is 11.3. The van der Waals surface area contributed by atoms with Gasteiger partial charge >= 0.3 is 0 Å². The molecule has 0 saturated heterocycles. The fourth-order valence-corrected chi connectivity index (χ4v) is 2.58. The predicted octanol–water partition coefficient (Wildman–Crippen LogP) is 3.33. The van der Waals surface area contributed by atoms with Crippen LogP contribution in [0.25, 0.3) is 5.69 Å². The lowest BCUT2D eigenvalue weighted by molar-refractivity contribution is 0.414. The zero-order chi connectivity index (χ0) is 17.2. The number of methoxy groups -OCH3 is 1. The molecule has 0 spiro atoms. The first-order chi connectivity index (χ1) is 11.5. The Labute approximate surface area is 141 Å². The summed E-state index contributed by atoms with van der Waals surface area (Å²) in [4.78, 5) is 0. The third kappa shape index (κ3) is 3.08. The second kappa shape index (κ2) is 6.31. The van der Waals surface area contributed by atoms with E-state index >= 15 is 0 Å². The van der Waals surface area contributed by atoms with Gasteiger partial charge in [-0.15, -0.1) is 5.10 Å². The van der Waals surface area contributed by atoms with Crippen molar-refractivity contribution in [1.29, 1.82) is 0 Å². The quantitative estimate of drug-likeness (QED) is 0.780. The Morgan fingerprint density at radius 1 is 1.04 bits per heavy atom. The molecule has 0 bridgehead atoms. The number of aryl methyl sites for hydroxylation is 1. The summed E-state index contributed by atoms with van der Waals surface area (Å²) in [5.41, 5.74) is 2.67. The van der Waals surface area contributed by atoms with Crippen LogP contribution in [0, 0.1) is 6.92 Å². The maximum atomic E-state index is 5.20. The van der Waals surface area contributed by atoms with Crippen LogP contribution in [0.5, 0.6) is 5.75 Å². The minimum Gasteiger partial charge on any atom is -0.497 e. The molecule has 124 valence electrons. The van der Waals surface area contributed by atoms with Crippen LogP contribution in [0.4, 0.5) is 5.69 Å². The van der Waals surface area contributed by atoms with Gasteiger partial charge in [-0.1, -0.05) is 18.2 Å². The van der Waals surface area contributed by atoms with E-state index < -0.39 is 5.54 Å². The third-order valence-electron chi connectivity index (χ3n) is 3.94. The molecule has 1 N–H and O–H groups in total. The highest BCUT2D eigenvalue weighted by Crippen LogP contribution is 2.27. The number of hydrogen-bond acceptors (Lipinski definition) is 5. The van der Waals surface area contributed by atoms with Crippen LogP contribution in [0.15, 0.2) is 48.5 Å². The Morgan fingerprint density at radius 3 is 2.42 bits per heavy atom. The fourth-order valence-electron chi connectivity index (χ4n) is 2.58. The summed E-state index contributed by atoms with van der Waals surface area (Å²) in [5.74, 6) is 1.53. The Bertz CT molecular complexity index is 823. The van der Waals surface area contributed by atoms with E-state index in [1.807, 2.05) is 36.4 Å². The summed E-state index contributed by atoms with van der Waals surface area (Å²) < 4.78 is 6.94. The van der Waals surface area contributed by atoms with Crippen LogP contribution >= 0.6 is 0 Å². The number of aromatic nitrogens is 4. The smallest absolute Gasteiger partial charge is 0.181 e. The summed E-state index contributed by atoms with van der Waals surface area (Å²) in [5, 5.41) is 15.8. The van der Waals surface area contributed by atoms with E-state index in [1.165, 1.54) is 5.56 Å². The minimum atomic E-state index is -0.449. The Morgan fingerprint density at radius 2 is 1.75 bits per heavy atom. The van der Waals surface area contributed by atoms with Gasteiger partial charge in [0.2, 0.25) is 0 Å². The van der Waals surface area contributed by atoms with Crippen molar-refractivity contribution in [3.8, 4) is 11.4 Å². The molecule has 0 aliphatic carbocycles. The second-order valence-electron chi connectivity index (χ2n) is 6.18. The topological polar surface area (TPSA) is 64.9 Å². The van der Waals surface area contributed by atoms with Crippen molar-refractivity contribution in [2.24, 2.45) is 0 Å². The number of rotatable bonds is 5. The molecule has 1 aromatic heterocycles. The number of ether oxygens (including phenoxy) is 1. The first-order valence-corrected chi connectivity index (χ1v) is 7.78. The molecule has 0 atom stereocenters. The molecule has 0 radical (unpaired) electrons. The molecule has 0 fully saturated rings. The van der Waals surface area contributed by atoms with Gasteiger partial charge in [0.25, 0.3) is 0 Å². The lowest BCUT2D eigenvalue weighted by atomic mass is 10.0. The molecule has 0 aliphatic heterocycles. The largest absolute Gasteiger partial charge is 0.497 e. The number of hydrogen-bond donors (Lipinski definition) is 1. The number of benzene rings is 2. The first kappa shape index (κ1) is 16.0. The Kier molecular flexibility index (Phi) is 4.20. The van der Waals surface area contributed by atoms with E-state index in [9.17, 15) is 0 Å². The van der Waals surface area contributed by atoms with Crippen molar-refractivity contribution < 1.29 is 4.74 Å². The second-order valence-corrected chi connectivity index (χ2v) is 6.18. The minimum absolute atomic E-state index is 0.449. The van der Waals surface area contributed by atoms with E-state index in [0.29, 0.717) is 0 Å². The van der Waals surface area contributed by atoms with Crippen LogP contribution in [0.2, 0.25) is 0 Å².